The highest BCUT2D eigenvalue weighted by Crippen LogP contribution is 2.66. The first-order valence-corrected chi connectivity index (χ1v) is 12.8. The number of benzene rings is 5. The number of rotatable bonds is 0. The lowest BCUT2D eigenvalue weighted by atomic mass is 9.63. The van der Waals surface area contributed by atoms with Crippen LogP contribution < -0.4 is 21.1 Å². The summed E-state index contributed by atoms with van der Waals surface area (Å²) in [7, 11) is 6.03. The first kappa shape index (κ1) is 21.7. The molecule has 0 fully saturated rings. The average Bonchev–Trinajstić information content (AvgIpc) is 3.20. The summed E-state index contributed by atoms with van der Waals surface area (Å²) in [6, 6.07) is 24.4. The quantitative estimate of drug-likeness (QED) is 0.297. The fourth-order valence-electron chi connectivity index (χ4n) is 6.35. The number of phenols is 2. The summed E-state index contributed by atoms with van der Waals surface area (Å²) >= 11 is 3.98. The monoisotopic (exact) mass is 528 g/mol. The highest BCUT2D eigenvalue weighted by atomic mass is 79.9. The Kier molecular flexibility index (Phi) is 4.36. The Bertz CT molecular complexity index is 1750. The number of halogens is 1. The van der Waals surface area contributed by atoms with Gasteiger partial charge in [-0.15, -0.1) is 0 Å². The molecule has 5 aromatic rings. The highest BCUT2D eigenvalue weighted by molar-refractivity contribution is 9.10. The Balaban J connectivity index is 1.82. The highest BCUT2D eigenvalue weighted by Gasteiger charge is 2.54. The molecule has 0 radical (unpaired) electrons. The molecule has 3 nitrogen and oxygen atoms in total. The Morgan fingerprint density at radius 2 is 1.42 bits per heavy atom. The fourth-order valence-corrected chi connectivity index (χ4v) is 7.14. The third-order valence-corrected chi connectivity index (χ3v) is 9.12. The van der Waals surface area contributed by atoms with Crippen molar-refractivity contribution in [2.75, 3.05) is 0 Å². The number of hydrogen-bond donors (Lipinski definition) is 2. The van der Waals surface area contributed by atoms with E-state index >= 15 is 0 Å². The van der Waals surface area contributed by atoms with Gasteiger partial charge < -0.3 is 14.9 Å². The first-order chi connectivity index (χ1) is 17.4. The predicted octanol–water partition coefficient (Wildman–Crippen LogP) is 2.26. The fraction of sp³-hybridized carbons (Fsp3) is 0.0345. The van der Waals surface area contributed by atoms with E-state index in [-0.39, 0.29) is 5.75 Å². The van der Waals surface area contributed by atoms with Crippen molar-refractivity contribution >= 4 is 66.6 Å². The van der Waals surface area contributed by atoms with Crippen LogP contribution in [0.2, 0.25) is 0 Å². The number of hydrogen-bond acceptors (Lipinski definition) is 3. The van der Waals surface area contributed by atoms with E-state index in [0.29, 0.717) is 11.5 Å². The normalized spacial score (nSPS) is 16.8. The number of ether oxygens (including phenoxy) is 1. The van der Waals surface area contributed by atoms with Gasteiger partial charge in [0, 0.05) is 21.2 Å². The van der Waals surface area contributed by atoms with Crippen molar-refractivity contribution in [3.63, 3.8) is 0 Å². The second-order valence-electron chi connectivity index (χ2n) is 9.83. The minimum atomic E-state index is -0.794. The van der Waals surface area contributed by atoms with Crippen LogP contribution in [0.1, 0.15) is 22.3 Å². The van der Waals surface area contributed by atoms with Gasteiger partial charge in [-0.3, -0.25) is 0 Å². The molecule has 1 heterocycles. The van der Waals surface area contributed by atoms with Gasteiger partial charge in [0.1, 0.15) is 35.0 Å². The summed E-state index contributed by atoms with van der Waals surface area (Å²) in [4.78, 5) is 0. The van der Waals surface area contributed by atoms with E-state index in [1.165, 1.54) is 0 Å². The second-order valence-corrected chi connectivity index (χ2v) is 10.6. The maximum absolute atomic E-state index is 11.7. The molecule has 0 saturated heterocycles. The van der Waals surface area contributed by atoms with Crippen LogP contribution in [-0.2, 0) is 5.41 Å². The lowest BCUT2D eigenvalue weighted by Gasteiger charge is -2.40. The van der Waals surface area contributed by atoms with E-state index in [4.69, 9.17) is 4.74 Å². The van der Waals surface area contributed by atoms with E-state index in [0.717, 1.165) is 70.8 Å². The third-order valence-electron chi connectivity index (χ3n) is 8.13. The topological polar surface area (TPSA) is 49.7 Å². The number of fused-ring (bicyclic) bond motifs is 11. The predicted molar refractivity (Wildman–Crippen MR) is 157 cm³/mol. The molecule has 7 rings (SSSR count). The van der Waals surface area contributed by atoms with E-state index in [1.807, 2.05) is 53.9 Å². The third kappa shape index (κ3) is 2.42. The Hall–Kier alpha value is -3.57. The van der Waals surface area contributed by atoms with Crippen molar-refractivity contribution in [2.45, 2.75) is 5.41 Å². The van der Waals surface area contributed by atoms with Gasteiger partial charge in [-0.2, -0.15) is 0 Å². The molecule has 1 atom stereocenters. The minimum absolute atomic E-state index is 0.0979. The molecular weight excluding hydrogens is 509 g/mol. The first-order valence-electron chi connectivity index (χ1n) is 12.0. The van der Waals surface area contributed by atoms with Crippen LogP contribution in [-0.4, -0.2) is 33.8 Å². The lowest BCUT2D eigenvalue weighted by molar-refractivity contribution is 0.388. The van der Waals surface area contributed by atoms with Gasteiger partial charge in [-0.25, -0.2) is 0 Å². The molecule has 36 heavy (non-hydrogen) atoms. The van der Waals surface area contributed by atoms with E-state index in [9.17, 15) is 10.2 Å². The van der Waals surface area contributed by atoms with E-state index in [1.54, 1.807) is 6.07 Å². The van der Waals surface area contributed by atoms with Gasteiger partial charge >= 0.3 is 0 Å². The zero-order valence-corrected chi connectivity index (χ0v) is 21.7. The van der Waals surface area contributed by atoms with Crippen LogP contribution in [0, 0.1) is 0 Å². The maximum Gasteiger partial charge on any atom is 0.173 e. The molecule has 2 N–H and O–H groups in total. The molecule has 7 heteroatoms. The molecule has 5 aromatic carbocycles. The Labute approximate surface area is 220 Å². The van der Waals surface area contributed by atoms with Gasteiger partial charge in [0.25, 0.3) is 0 Å². The SMILES string of the molecule is Bc1cccc2c1Oc1c(O)cccc1C21c2ccc3ccccc3c2-c2c(O)c(B)c(B)c(Br)c21. The van der Waals surface area contributed by atoms with E-state index in [2.05, 4.69) is 52.3 Å². The second kappa shape index (κ2) is 7.24. The summed E-state index contributed by atoms with van der Waals surface area (Å²) in [5.74, 6) is 1.59. The lowest BCUT2D eigenvalue weighted by Crippen LogP contribution is -2.37. The van der Waals surface area contributed by atoms with Crippen LogP contribution in [0.25, 0.3) is 21.9 Å². The summed E-state index contributed by atoms with van der Waals surface area (Å²) < 4.78 is 7.39. The molecular formula is C29H20B3BrO3. The zero-order valence-electron chi connectivity index (χ0n) is 20.1. The molecule has 1 unspecified atom stereocenters. The molecule has 1 aliphatic heterocycles. The van der Waals surface area contributed by atoms with E-state index < -0.39 is 5.41 Å². The van der Waals surface area contributed by atoms with Crippen molar-refractivity contribution in [2.24, 2.45) is 0 Å². The smallest absolute Gasteiger partial charge is 0.173 e. The molecule has 0 amide bonds. The van der Waals surface area contributed by atoms with Gasteiger partial charge in [-0.05, 0) is 39.0 Å². The van der Waals surface area contributed by atoms with Crippen molar-refractivity contribution < 1.29 is 14.9 Å². The summed E-state index contributed by atoms with van der Waals surface area (Å²) in [6.45, 7) is 0. The summed E-state index contributed by atoms with van der Waals surface area (Å²) in [5.41, 5.74) is 7.80. The summed E-state index contributed by atoms with van der Waals surface area (Å²) in [5, 5.41) is 25.0. The van der Waals surface area contributed by atoms with Gasteiger partial charge in [0.2, 0.25) is 0 Å². The molecule has 1 aliphatic carbocycles. The molecule has 0 bridgehead atoms. The molecule has 1 spiro atoms. The van der Waals surface area contributed by atoms with Crippen molar-refractivity contribution in [3.8, 4) is 34.1 Å². The van der Waals surface area contributed by atoms with Crippen molar-refractivity contribution in [3.05, 3.63) is 99.5 Å². The van der Waals surface area contributed by atoms with Crippen LogP contribution >= 0.6 is 15.9 Å². The van der Waals surface area contributed by atoms with Crippen LogP contribution in [0.4, 0.5) is 0 Å². The van der Waals surface area contributed by atoms with Crippen LogP contribution in [0.5, 0.6) is 23.0 Å². The van der Waals surface area contributed by atoms with Crippen molar-refractivity contribution in [1.29, 1.82) is 0 Å². The number of aromatic hydroxyl groups is 2. The molecule has 170 valence electrons. The Morgan fingerprint density at radius 1 is 0.694 bits per heavy atom. The van der Waals surface area contributed by atoms with Crippen LogP contribution in [0.3, 0.4) is 0 Å². The largest absolute Gasteiger partial charge is 0.508 e. The van der Waals surface area contributed by atoms with Gasteiger partial charge in [-0.1, -0.05) is 93.6 Å². The Morgan fingerprint density at radius 3 is 2.22 bits per heavy atom. The average molecular weight is 529 g/mol. The molecule has 0 aromatic heterocycles. The van der Waals surface area contributed by atoms with Crippen molar-refractivity contribution in [1.82, 2.24) is 0 Å². The minimum Gasteiger partial charge on any atom is -0.508 e. The summed E-state index contributed by atoms with van der Waals surface area (Å²) in [6.07, 6.45) is 0. The standard InChI is InChI=1S/C29H20B3BrO3/c30-18-9-3-7-16-27(18)36-28-17(8-4-10-19(28)34)29(16)15-12-11-13-5-1-2-6-14(13)20(15)21-22(29)25(33)23(31)24(32)26(21)35/h1-12,34-35H,30-32H2. The zero-order chi connectivity index (χ0) is 24.9. The van der Waals surface area contributed by atoms with Crippen LogP contribution in [0.15, 0.2) is 77.3 Å². The molecule has 2 aliphatic rings. The number of phenolic OH excluding ortho intramolecular Hbond substituents is 2. The maximum atomic E-state index is 11.7. The number of para-hydroxylation sites is 2. The van der Waals surface area contributed by atoms with Gasteiger partial charge in [0.15, 0.2) is 11.5 Å². The molecule has 0 saturated carbocycles. The van der Waals surface area contributed by atoms with Gasteiger partial charge in [0.05, 0.1) is 5.41 Å².